The molecular formula is C15H23N2O2+. The van der Waals surface area contributed by atoms with Crippen LogP contribution in [0.15, 0.2) is 30.3 Å². The van der Waals surface area contributed by atoms with Crippen LogP contribution in [0, 0.1) is 0 Å². The summed E-state index contributed by atoms with van der Waals surface area (Å²) in [6, 6.07) is 10.1. The van der Waals surface area contributed by atoms with E-state index in [2.05, 4.69) is 17.4 Å². The minimum Gasteiger partial charge on any atom is -0.370 e. The summed E-state index contributed by atoms with van der Waals surface area (Å²) >= 11 is 0. The number of hydrogen-bond donors (Lipinski definition) is 2. The Morgan fingerprint density at radius 1 is 1.21 bits per heavy atom. The predicted molar refractivity (Wildman–Crippen MR) is 74.2 cm³/mol. The number of carbonyl (C=O) groups excluding carboxylic acids is 1. The average molecular weight is 263 g/mol. The van der Waals surface area contributed by atoms with Crippen LogP contribution in [0.4, 0.5) is 0 Å². The molecule has 1 aromatic carbocycles. The van der Waals surface area contributed by atoms with Gasteiger partial charge in [0.1, 0.15) is 13.1 Å². The quantitative estimate of drug-likeness (QED) is 0.737. The van der Waals surface area contributed by atoms with Gasteiger partial charge in [0.05, 0.1) is 26.3 Å². The maximum absolute atomic E-state index is 11.7. The molecule has 0 unspecified atom stereocenters. The number of amides is 1. The van der Waals surface area contributed by atoms with Gasteiger partial charge in [-0.15, -0.1) is 0 Å². The lowest BCUT2D eigenvalue weighted by atomic mass is 10.1. The number of ether oxygens (including phenoxy) is 1. The van der Waals surface area contributed by atoms with Crippen molar-refractivity contribution < 1.29 is 14.4 Å². The molecule has 0 radical (unpaired) electrons. The Labute approximate surface area is 114 Å². The lowest BCUT2D eigenvalue weighted by Gasteiger charge is -2.23. The molecule has 0 aromatic heterocycles. The van der Waals surface area contributed by atoms with Gasteiger partial charge in [-0.05, 0) is 12.0 Å². The van der Waals surface area contributed by atoms with E-state index in [-0.39, 0.29) is 5.91 Å². The van der Waals surface area contributed by atoms with Gasteiger partial charge in [0.15, 0.2) is 0 Å². The molecule has 1 heterocycles. The molecule has 1 aromatic rings. The van der Waals surface area contributed by atoms with Crippen molar-refractivity contribution in [1.82, 2.24) is 5.32 Å². The highest BCUT2D eigenvalue weighted by molar-refractivity contribution is 5.76. The minimum atomic E-state index is 0.150. The van der Waals surface area contributed by atoms with Crippen LogP contribution in [-0.2, 0) is 16.0 Å². The molecule has 104 valence electrons. The Kier molecular flexibility index (Phi) is 5.85. The zero-order valence-electron chi connectivity index (χ0n) is 11.4. The highest BCUT2D eigenvalue weighted by Crippen LogP contribution is 2.01. The van der Waals surface area contributed by atoms with Crippen LogP contribution in [-0.4, -0.2) is 45.3 Å². The SMILES string of the molecule is O=C(CCc1ccccc1)NCC[NH+]1CCOCC1. The third-order valence-electron chi connectivity index (χ3n) is 3.48. The first-order valence-electron chi connectivity index (χ1n) is 7.06. The lowest BCUT2D eigenvalue weighted by molar-refractivity contribution is -0.906. The maximum Gasteiger partial charge on any atom is 0.220 e. The second-order valence-electron chi connectivity index (χ2n) is 4.95. The van der Waals surface area contributed by atoms with Crippen molar-refractivity contribution in [3.8, 4) is 0 Å². The molecule has 1 fully saturated rings. The van der Waals surface area contributed by atoms with E-state index in [0.717, 1.165) is 45.8 Å². The van der Waals surface area contributed by atoms with Crippen LogP contribution in [0.1, 0.15) is 12.0 Å². The first-order valence-corrected chi connectivity index (χ1v) is 7.06. The molecule has 0 saturated carbocycles. The van der Waals surface area contributed by atoms with Gasteiger partial charge in [-0.3, -0.25) is 4.79 Å². The van der Waals surface area contributed by atoms with Crippen LogP contribution >= 0.6 is 0 Å². The minimum absolute atomic E-state index is 0.150. The van der Waals surface area contributed by atoms with Gasteiger partial charge < -0.3 is 15.0 Å². The van der Waals surface area contributed by atoms with Gasteiger partial charge in [-0.25, -0.2) is 0 Å². The standard InChI is InChI=1S/C15H22N2O2/c18-15(7-6-14-4-2-1-3-5-14)16-8-9-17-10-12-19-13-11-17/h1-5H,6-13H2,(H,16,18)/p+1. The second-order valence-corrected chi connectivity index (χ2v) is 4.95. The van der Waals surface area contributed by atoms with E-state index in [1.165, 1.54) is 10.5 Å². The number of morpholine rings is 1. The van der Waals surface area contributed by atoms with E-state index in [1.807, 2.05) is 18.2 Å². The molecule has 4 nitrogen and oxygen atoms in total. The van der Waals surface area contributed by atoms with Crippen LogP contribution in [0.5, 0.6) is 0 Å². The molecule has 0 aliphatic carbocycles. The Bertz CT molecular complexity index is 375. The second kappa shape index (κ2) is 7.92. The monoisotopic (exact) mass is 263 g/mol. The summed E-state index contributed by atoms with van der Waals surface area (Å²) in [6.45, 7) is 5.57. The van der Waals surface area contributed by atoms with E-state index in [9.17, 15) is 4.79 Å². The fraction of sp³-hybridized carbons (Fsp3) is 0.533. The third kappa shape index (κ3) is 5.41. The summed E-state index contributed by atoms with van der Waals surface area (Å²) in [6.07, 6.45) is 1.39. The topological polar surface area (TPSA) is 42.8 Å². The fourth-order valence-electron chi connectivity index (χ4n) is 2.28. The summed E-state index contributed by atoms with van der Waals surface area (Å²) in [7, 11) is 0. The van der Waals surface area contributed by atoms with Gasteiger partial charge in [0, 0.05) is 6.42 Å². The van der Waals surface area contributed by atoms with E-state index < -0.39 is 0 Å². The van der Waals surface area contributed by atoms with Crippen molar-refractivity contribution in [2.75, 3.05) is 39.4 Å². The molecule has 1 saturated heterocycles. The highest BCUT2D eigenvalue weighted by Gasteiger charge is 2.13. The summed E-state index contributed by atoms with van der Waals surface area (Å²) < 4.78 is 5.31. The Hall–Kier alpha value is -1.39. The van der Waals surface area contributed by atoms with Gasteiger partial charge in [0.25, 0.3) is 0 Å². The third-order valence-corrected chi connectivity index (χ3v) is 3.48. The van der Waals surface area contributed by atoms with Crippen LogP contribution in [0.3, 0.4) is 0 Å². The highest BCUT2D eigenvalue weighted by atomic mass is 16.5. The van der Waals surface area contributed by atoms with Crippen molar-refractivity contribution in [2.24, 2.45) is 0 Å². The first kappa shape index (κ1) is 14.0. The summed E-state index contributed by atoms with van der Waals surface area (Å²) in [5.74, 6) is 0.150. The number of benzene rings is 1. The molecule has 0 spiro atoms. The van der Waals surface area contributed by atoms with E-state index in [0.29, 0.717) is 6.42 Å². The van der Waals surface area contributed by atoms with Crippen LogP contribution in [0.2, 0.25) is 0 Å². The van der Waals surface area contributed by atoms with Gasteiger partial charge in [-0.1, -0.05) is 30.3 Å². The van der Waals surface area contributed by atoms with Crippen molar-refractivity contribution in [3.63, 3.8) is 0 Å². The number of quaternary nitrogens is 1. The Morgan fingerprint density at radius 3 is 2.68 bits per heavy atom. The van der Waals surface area contributed by atoms with E-state index >= 15 is 0 Å². The number of carbonyl (C=O) groups is 1. The molecule has 2 N–H and O–H groups in total. The van der Waals surface area contributed by atoms with Crippen LogP contribution in [0.25, 0.3) is 0 Å². The maximum atomic E-state index is 11.7. The molecule has 1 aliphatic rings. The molecule has 19 heavy (non-hydrogen) atoms. The number of nitrogens with one attached hydrogen (secondary N) is 2. The van der Waals surface area contributed by atoms with Crippen molar-refractivity contribution in [2.45, 2.75) is 12.8 Å². The number of rotatable bonds is 6. The number of hydrogen-bond acceptors (Lipinski definition) is 2. The summed E-state index contributed by atoms with van der Waals surface area (Å²) in [4.78, 5) is 13.2. The van der Waals surface area contributed by atoms with Crippen molar-refractivity contribution in [1.29, 1.82) is 0 Å². The fourth-order valence-corrected chi connectivity index (χ4v) is 2.28. The molecule has 4 heteroatoms. The molecule has 1 aliphatic heterocycles. The smallest absolute Gasteiger partial charge is 0.220 e. The van der Waals surface area contributed by atoms with Crippen LogP contribution < -0.4 is 10.2 Å². The van der Waals surface area contributed by atoms with Crippen molar-refractivity contribution in [3.05, 3.63) is 35.9 Å². The summed E-state index contributed by atoms with van der Waals surface area (Å²) in [5.41, 5.74) is 1.22. The largest absolute Gasteiger partial charge is 0.370 e. The summed E-state index contributed by atoms with van der Waals surface area (Å²) in [5, 5.41) is 3.00. The van der Waals surface area contributed by atoms with Gasteiger partial charge in [0.2, 0.25) is 5.91 Å². The molecule has 1 amide bonds. The molecule has 0 atom stereocenters. The van der Waals surface area contributed by atoms with Crippen molar-refractivity contribution >= 4 is 5.91 Å². The Morgan fingerprint density at radius 2 is 1.95 bits per heavy atom. The Balaban J connectivity index is 1.57. The first-order chi connectivity index (χ1) is 9.34. The lowest BCUT2D eigenvalue weighted by Crippen LogP contribution is -3.14. The van der Waals surface area contributed by atoms with E-state index in [1.54, 1.807) is 0 Å². The predicted octanol–water partition coefficient (Wildman–Crippen LogP) is -0.349. The zero-order valence-corrected chi connectivity index (χ0v) is 11.4. The van der Waals surface area contributed by atoms with Gasteiger partial charge in [-0.2, -0.15) is 0 Å². The number of aryl methyl sites for hydroxylation is 1. The molecule has 2 rings (SSSR count). The normalized spacial score (nSPS) is 16.2. The molecular weight excluding hydrogens is 240 g/mol. The zero-order chi connectivity index (χ0) is 13.3. The molecule has 0 bridgehead atoms. The van der Waals surface area contributed by atoms with Gasteiger partial charge >= 0.3 is 0 Å². The average Bonchev–Trinajstić information content (AvgIpc) is 2.47. The van der Waals surface area contributed by atoms with E-state index in [4.69, 9.17) is 4.74 Å².